The van der Waals surface area contributed by atoms with Gasteiger partial charge < -0.3 is 19.5 Å². The zero-order valence-electron chi connectivity index (χ0n) is 12.0. The van der Waals surface area contributed by atoms with E-state index in [-0.39, 0.29) is 12.0 Å². The molecular formula is C12H22N4O3. The summed E-state index contributed by atoms with van der Waals surface area (Å²) in [5, 5.41) is 3.08. The van der Waals surface area contributed by atoms with Crippen molar-refractivity contribution in [2.45, 2.75) is 20.3 Å². The number of aromatic nitrogens is 3. The Morgan fingerprint density at radius 3 is 2.21 bits per heavy atom. The van der Waals surface area contributed by atoms with Gasteiger partial charge in [0.2, 0.25) is 5.95 Å². The zero-order chi connectivity index (χ0) is 14.1. The fourth-order valence-electron chi connectivity index (χ4n) is 1.29. The summed E-state index contributed by atoms with van der Waals surface area (Å²) in [6.07, 6.45) is 0.878. The van der Waals surface area contributed by atoms with Gasteiger partial charge in [-0.15, -0.1) is 4.98 Å². The predicted octanol–water partition coefficient (Wildman–Crippen LogP) is 1.36. The molecule has 0 saturated heterocycles. The van der Waals surface area contributed by atoms with Gasteiger partial charge in [0.25, 0.3) is 0 Å². The number of nitrogens with one attached hydrogen (secondary N) is 1. The first kappa shape index (κ1) is 15.4. The van der Waals surface area contributed by atoms with Crippen LogP contribution in [0.2, 0.25) is 0 Å². The fraction of sp³-hybridized carbons (Fsp3) is 0.750. The average Bonchev–Trinajstić information content (AvgIpc) is 2.41. The lowest BCUT2D eigenvalue weighted by molar-refractivity contribution is 0.110. The van der Waals surface area contributed by atoms with Crippen LogP contribution in [0.5, 0.6) is 12.0 Å². The van der Waals surface area contributed by atoms with E-state index in [0.717, 1.165) is 13.0 Å². The van der Waals surface area contributed by atoms with Crippen LogP contribution in [0.4, 0.5) is 5.95 Å². The molecule has 0 aliphatic rings. The van der Waals surface area contributed by atoms with Gasteiger partial charge in [0.05, 0.1) is 14.2 Å². The van der Waals surface area contributed by atoms with Crippen LogP contribution in [0.25, 0.3) is 0 Å². The van der Waals surface area contributed by atoms with Crippen LogP contribution in [-0.4, -0.2) is 48.9 Å². The first-order chi connectivity index (χ1) is 9.15. The Morgan fingerprint density at radius 2 is 1.68 bits per heavy atom. The lowest BCUT2D eigenvalue weighted by Gasteiger charge is -2.08. The van der Waals surface area contributed by atoms with Crippen molar-refractivity contribution in [3.05, 3.63) is 0 Å². The van der Waals surface area contributed by atoms with Gasteiger partial charge in [-0.2, -0.15) is 9.97 Å². The Bertz CT molecular complexity index is 352. The van der Waals surface area contributed by atoms with Crippen molar-refractivity contribution in [2.24, 2.45) is 5.92 Å². The predicted molar refractivity (Wildman–Crippen MR) is 71.7 cm³/mol. The summed E-state index contributed by atoms with van der Waals surface area (Å²) >= 11 is 0. The highest BCUT2D eigenvalue weighted by Gasteiger charge is 2.06. The smallest absolute Gasteiger partial charge is 0.324 e. The third-order valence-electron chi connectivity index (χ3n) is 2.16. The largest absolute Gasteiger partial charge is 0.467 e. The number of rotatable bonds is 9. The van der Waals surface area contributed by atoms with Gasteiger partial charge in [-0.05, 0) is 12.3 Å². The molecule has 0 saturated carbocycles. The molecule has 7 nitrogen and oxygen atoms in total. The maximum atomic E-state index is 5.48. The molecule has 7 heteroatoms. The minimum atomic E-state index is 0.227. The highest BCUT2D eigenvalue weighted by molar-refractivity contribution is 5.27. The highest BCUT2D eigenvalue weighted by atomic mass is 16.5. The van der Waals surface area contributed by atoms with Crippen LogP contribution < -0.4 is 14.8 Å². The summed E-state index contributed by atoms with van der Waals surface area (Å²) in [5.74, 6) is 0.998. The van der Waals surface area contributed by atoms with Crippen molar-refractivity contribution in [3.63, 3.8) is 0 Å². The summed E-state index contributed by atoms with van der Waals surface area (Å²) in [6.45, 7) is 6.47. The molecule has 1 N–H and O–H groups in total. The molecule has 0 aliphatic heterocycles. The van der Waals surface area contributed by atoms with Crippen molar-refractivity contribution in [1.82, 2.24) is 15.0 Å². The molecule has 1 rings (SSSR count). The molecule has 1 heterocycles. The second-order valence-electron chi connectivity index (χ2n) is 4.38. The first-order valence-corrected chi connectivity index (χ1v) is 6.31. The van der Waals surface area contributed by atoms with E-state index in [0.29, 0.717) is 25.0 Å². The minimum absolute atomic E-state index is 0.227. The number of hydrogen-bond donors (Lipinski definition) is 1. The van der Waals surface area contributed by atoms with Gasteiger partial charge in [0.15, 0.2) is 0 Å². The van der Waals surface area contributed by atoms with E-state index in [1.165, 1.54) is 14.2 Å². The third kappa shape index (κ3) is 6.19. The van der Waals surface area contributed by atoms with Gasteiger partial charge in [0.1, 0.15) is 0 Å². The molecule has 0 amide bonds. The van der Waals surface area contributed by atoms with E-state index in [4.69, 9.17) is 14.2 Å². The quantitative estimate of drug-likeness (QED) is 0.679. The zero-order valence-corrected chi connectivity index (χ0v) is 12.0. The van der Waals surface area contributed by atoms with Gasteiger partial charge >= 0.3 is 12.0 Å². The SMILES string of the molecule is COc1nc(NCCCOCC(C)C)nc(OC)n1. The lowest BCUT2D eigenvalue weighted by atomic mass is 10.2. The van der Waals surface area contributed by atoms with Gasteiger partial charge in [-0.3, -0.25) is 0 Å². The molecule has 0 aliphatic carbocycles. The number of ether oxygens (including phenoxy) is 3. The molecule has 0 atom stereocenters. The fourth-order valence-corrected chi connectivity index (χ4v) is 1.29. The van der Waals surface area contributed by atoms with Crippen molar-refractivity contribution >= 4 is 5.95 Å². The topological polar surface area (TPSA) is 78.4 Å². The third-order valence-corrected chi connectivity index (χ3v) is 2.16. The van der Waals surface area contributed by atoms with Crippen LogP contribution in [0.1, 0.15) is 20.3 Å². The summed E-state index contributed by atoms with van der Waals surface area (Å²) in [4.78, 5) is 12.1. The van der Waals surface area contributed by atoms with Crippen molar-refractivity contribution in [3.8, 4) is 12.0 Å². The molecule has 0 spiro atoms. The van der Waals surface area contributed by atoms with Gasteiger partial charge in [-0.1, -0.05) is 13.8 Å². The summed E-state index contributed by atoms with van der Waals surface area (Å²) in [5.41, 5.74) is 0. The number of anilines is 1. The molecule has 19 heavy (non-hydrogen) atoms. The molecule has 0 bridgehead atoms. The van der Waals surface area contributed by atoms with Crippen LogP contribution in [0, 0.1) is 5.92 Å². The molecule has 0 fully saturated rings. The standard InChI is InChI=1S/C12H22N4O3/c1-9(2)8-19-7-5-6-13-10-14-11(17-3)16-12(15-10)18-4/h9H,5-8H2,1-4H3,(H,13,14,15,16). The molecule has 0 unspecified atom stereocenters. The number of hydrogen-bond acceptors (Lipinski definition) is 7. The highest BCUT2D eigenvalue weighted by Crippen LogP contribution is 2.11. The van der Waals surface area contributed by atoms with E-state index in [1.807, 2.05) is 0 Å². The molecule has 0 aromatic carbocycles. The van der Waals surface area contributed by atoms with Crippen molar-refractivity contribution in [2.75, 3.05) is 39.3 Å². The van der Waals surface area contributed by atoms with Gasteiger partial charge in [-0.25, -0.2) is 0 Å². The van der Waals surface area contributed by atoms with Crippen LogP contribution in [0.15, 0.2) is 0 Å². The van der Waals surface area contributed by atoms with E-state index in [2.05, 4.69) is 34.1 Å². The molecule has 0 radical (unpaired) electrons. The Balaban J connectivity index is 2.32. The molecule has 1 aromatic heterocycles. The summed E-state index contributed by atoms with van der Waals surface area (Å²) < 4.78 is 15.4. The first-order valence-electron chi connectivity index (χ1n) is 6.31. The van der Waals surface area contributed by atoms with E-state index in [1.54, 1.807) is 0 Å². The van der Waals surface area contributed by atoms with Crippen LogP contribution in [-0.2, 0) is 4.74 Å². The van der Waals surface area contributed by atoms with Crippen molar-refractivity contribution in [1.29, 1.82) is 0 Å². The van der Waals surface area contributed by atoms with E-state index in [9.17, 15) is 0 Å². The monoisotopic (exact) mass is 270 g/mol. The average molecular weight is 270 g/mol. The Labute approximate surface area is 113 Å². The second-order valence-corrected chi connectivity index (χ2v) is 4.38. The maximum Gasteiger partial charge on any atom is 0.324 e. The Hall–Kier alpha value is -1.63. The normalized spacial score (nSPS) is 10.6. The second kappa shape index (κ2) is 8.47. The maximum absolute atomic E-state index is 5.48. The minimum Gasteiger partial charge on any atom is -0.467 e. The summed E-state index contributed by atoms with van der Waals surface area (Å²) in [6, 6.07) is 0.454. The lowest BCUT2D eigenvalue weighted by Crippen LogP contribution is -2.11. The van der Waals surface area contributed by atoms with Crippen molar-refractivity contribution < 1.29 is 14.2 Å². The number of nitrogens with zero attached hydrogens (tertiary/aromatic N) is 3. The van der Waals surface area contributed by atoms with E-state index < -0.39 is 0 Å². The van der Waals surface area contributed by atoms with E-state index >= 15 is 0 Å². The molecule has 108 valence electrons. The molecule has 1 aromatic rings. The Kier molecular flexibility index (Phi) is 6.88. The Morgan fingerprint density at radius 1 is 1.05 bits per heavy atom. The van der Waals surface area contributed by atoms with Crippen LogP contribution in [0.3, 0.4) is 0 Å². The van der Waals surface area contributed by atoms with Gasteiger partial charge in [0, 0.05) is 19.8 Å². The molecular weight excluding hydrogens is 248 g/mol. The summed E-state index contributed by atoms with van der Waals surface area (Å²) in [7, 11) is 3.00. The van der Waals surface area contributed by atoms with Crippen LogP contribution >= 0.6 is 0 Å². The number of methoxy groups -OCH3 is 2.